The minimum Gasteiger partial charge on any atom is -0.494 e. The van der Waals surface area contributed by atoms with Crippen molar-refractivity contribution in [1.82, 2.24) is 0 Å². The normalized spacial score (nSPS) is 21.6. The first kappa shape index (κ1) is 24.9. The van der Waals surface area contributed by atoms with E-state index in [0.717, 1.165) is 39.3 Å². The lowest BCUT2D eigenvalue weighted by Crippen LogP contribution is -2.44. The summed E-state index contributed by atoms with van der Waals surface area (Å²) in [5, 5.41) is 20.9. The molecule has 176 valence electrons. The fourth-order valence-corrected chi connectivity index (χ4v) is 5.61. The van der Waals surface area contributed by atoms with Gasteiger partial charge in [-0.1, -0.05) is 52.4 Å². The largest absolute Gasteiger partial charge is 0.494 e. The summed E-state index contributed by atoms with van der Waals surface area (Å²) in [5.41, 5.74) is 5.04. The van der Waals surface area contributed by atoms with E-state index >= 15 is 0 Å². The molecule has 0 saturated heterocycles. The second kappa shape index (κ2) is 9.66. The Hall–Kier alpha value is -1.69. The van der Waals surface area contributed by atoms with Gasteiger partial charge in [0.1, 0.15) is 5.60 Å². The van der Waals surface area contributed by atoms with Gasteiger partial charge < -0.3 is 19.4 Å². The van der Waals surface area contributed by atoms with Crippen molar-refractivity contribution in [3.05, 3.63) is 63.6 Å². The lowest BCUT2D eigenvalue weighted by atomic mass is 9.79. The number of aryl methyl sites for hydroxylation is 3. The highest BCUT2D eigenvalue weighted by atomic mass is 32.2. The Morgan fingerprint density at radius 1 is 1.12 bits per heavy atom. The molecule has 0 saturated carbocycles. The van der Waals surface area contributed by atoms with Crippen LogP contribution in [0, 0.1) is 19.8 Å². The highest BCUT2D eigenvalue weighted by Crippen LogP contribution is 2.45. The van der Waals surface area contributed by atoms with E-state index in [0.29, 0.717) is 6.42 Å². The molecule has 1 aromatic carbocycles. The molecule has 0 fully saturated rings. The van der Waals surface area contributed by atoms with Crippen molar-refractivity contribution in [2.45, 2.75) is 96.4 Å². The highest BCUT2D eigenvalue weighted by Gasteiger charge is 2.41. The predicted octanol–water partition coefficient (Wildman–Crippen LogP) is 6.43. The van der Waals surface area contributed by atoms with Gasteiger partial charge in [-0.15, -0.1) is 0 Å². The van der Waals surface area contributed by atoms with E-state index in [2.05, 4.69) is 53.7 Å². The van der Waals surface area contributed by atoms with Gasteiger partial charge in [0.05, 0.1) is 36.4 Å². The first-order valence-corrected chi connectivity index (χ1v) is 12.3. The van der Waals surface area contributed by atoms with E-state index in [9.17, 15) is 10.2 Å². The maximum atomic E-state index is 11.2. The minimum atomic E-state index is -0.577. The first-order chi connectivity index (χ1) is 15.0. The zero-order valence-corrected chi connectivity index (χ0v) is 21.3. The molecule has 2 aromatic rings. The number of ether oxygens (including phenoxy) is 1. The fraction of sp³-hybridized carbons (Fsp3) is 0.556. The Labute approximate surface area is 197 Å². The second-order valence-corrected chi connectivity index (χ2v) is 11.6. The van der Waals surface area contributed by atoms with Crippen molar-refractivity contribution in [3.8, 4) is 0 Å². The first-order valence-electron chi connectivity index (χ1n) is 11.5. The van der Waals surface area contributed by atoms with Gasteiger partial charge in [0.15, 0.2) is 0 Å². The van der Waals surface area contributed by atoms with Crippen LogP contribution in [0.3, 0.4) is 0 Å². The van der Waals surface area contributed by atoms with Crippen LogP contribution < -0.4 is 0 Å². The van der Waals surface area contributed by atoms with Gasteiger partial charge in [0.25, 0.3) is 0 Å². The Morgan fingerprint density at radius 3 is 2.38 bits per heavy atom. The monoisotopic (exact) mass is 458 g/mol. The molecule has 2 heterocycles. The number of rotatable bonds is 7. The molecule has 1 aromatic heterocycles. The third-order valence-electron chi connectivity index (χ3n) is 6.75. The number of thioether (sulfide) groups is 1. The molecule has 0 aliphatic carbocycles. The van der Waals surface area contributed by atoms with Gasteiger partial charge in [-0.25, -0.2) is 0 Å². The zero-order valence-electron chi connectivity index (χ0n) is 20.5. The van der Waals surface area contributed by atoms with Crippen LogP contribution >= 0.6 is 11.8 Å². The second-order valence-electron chi connectivity index (χ2n) is 10.4. The van der Waals surface area contributed by atoms with Gasteiger partial charge in [0, 0.05) is 11.3 Å². The molecule has 3 rings (SSSR count). The summed E-state index contributed by atoms with van der Waals surface area (Å²) < 4.78 is 11.7. The molecule has 0 bridgehead atoms. The number of hydrogen-bond donors (Lipinski definition) is 2. The summed E-state index contributed by atoms with van der Waals surface area (Å²) in [4.78, 5) is 1.94. The molecule has 0 spiro atoms. The van der Waals surface area contributed by atoms with Crippen LogP contribution in [0.25, 0.3) is 0 Å². The summed E-state index contributed by atoms with van der Waals surface area (Å²) in [6, 6.07) is 4.22. The van der Waals surface area contributed by atoms with Gasteiger partial charge in [-0.3, -0.25) is 0 Å². The lowest BCUT2D eigenvalue weighted by Gasteiger charge is -2.42. The van der Waals surface area contributed by atoms with E-state index < -0.39 is 11.7 Å². The van der Waals surface area contributed by atoms with Crippen molar-refractivity contribution >= 4 is 11.8 Å². The lowest BCUT2D eigenvalue weighted by molar-refractivity contribution is -0.0703. The summed E-state index contributed by atoms with van der Waals surface area (Å²) >= 11 is 1.58. The maximum absolute atomic E-state index is 11.2. The Kier molecular flexibility index (Phi) is 7.53. The highest BCUT2D eigenvalue weighted by molar-refractivity contribution is 8.03. The van der Waals surface area contributed by atoms with E-state index in [-0.39, 0.29) is 17.9 Å². The quantitative estimate of drug-likeness (QED) is 0.501. The number of benzene rings is 1. The van der Waals surface area contributed by atoms with E-state index in [1.54, 1.807) is 24.3 Å². The number of furan rings is 1. The smallest absolute Gasteiger partial charge is 0.114 e. The zero-order chi connectivity index (χ0) is 23.7. The molecular weight excluding hydrogens is 420 g/mol. The molecule has 1 aliphatic rings. The van der Waals surface area contributed by atoms with Crippen LogP contribution in [0.5, 0.6) is 0 Å². The van der Waals surface area contributed by atoms with Crippen LogP contribution in [-0.2, 0) is 23.2 Å². The van der Waals surface area contributed by atoms with Crippen molar-refractivity contribution < 1.29 is 19.4 Å². The third-order valence-corrected chi connectivity index (χ3v) is 7.91. The predicted molar refractivity (Wildman–Crippen MR) is 131 cm³/mol. The SMILES string of the molecule is Cc1cc(SC2=COC(CCc3cocc3C)(C(C)C)CC2O)c(C(C)(C)C)cc1CO. The fourth-order valence-electron chi connectivity index (χ4n) is 4.33. The van der Waals surface area contributed by atoms with Crippen LogP contribution in [0.2, 0.25) is 0 Å². The molecule has 1 aliphatic heterocycles. The van der Waals surface area contributed by atoms with Crippen molar-refractivity contribution in [3.63, 3.8) is 0 Å². The number of hydrogen-bond acceptors (Lipinski definition) is 5. The summed E-state index contributed by atoms with van der Waals surface area (Å²) in [5.74, 6) is 0.267. The molecule has 0 amide bonds. The Bertz CT molecular complexity index is 967. The summed E-state index contributed by atoms with van der Waals surface area (Å²) in [7, 11) is 0. The summed E-state index contributed by atoms with van der Waals surface area (Å²) in [6.45, 7) is 15.0. The molecule has 32 heavy (non-hydrogen) atoms. The maximum Gasteiger partial charge on any atom is 0.114 e. The van der Waals surface area contributed by atoms with E-state index in [1.165, 1.54) is 11.1 Å². The third kappa shape index (κ3) is 5.27. The number of aliphatic hydroxyl groups excluding tert-OH is 2. The van der Waals surface area contributed by atoms with Crippen LogP contribution in [0.4, 0.5) is 0 Å². The summed E-state index contributed by atoms with van der Waals surface area (Å²) in [6.07, 6.45) is 7.05. The van der Waals surface area contributed by atoms with Crippen molar-refractivity contribution in [1.29, 1.82) is 0 Å². The Balaban J connectivity index is 1.85. The van der Waals surface area contributed by atoms with Gasteiger partial charge in [-0.05, 0) is 71.9 Å². The van der Waals surface area contributed by atoms with Crippen LogP contribution in [0.1, 0.15) is 75.3 Å². The van der Waals surface area contributed by atoms with E-state index in [4.69, 9.17) is 9.15 Å². The molecule has 2 unspecified atom stereocenters. The van der Waals surface area contributed by atoms with Gasteiger partial charge in [0.2, 0.25) is 0 Å². The van der Waals surface area contributed by atoms with Crippen LogP contribution in [-0.4, -0.2) is 21.9 Å². The Morgan fingerprint density at radius 2 is 1.84 bits per heavy atom. The molecular formula is C27H38O4S. The molecule has 5 heteroatoms. The molecule has 0 radical (unpaired) electrons. The van der Waals surface area contributed by atoms with Crippen molar-refractivity contribution in [2.75, 3.05) is 0 Å². The molecule has 2 atom stereocenters. The topological polar surface area (TPSA) is 62.8 Å². The van der Waals surface area contributed by atoms with Gasteiger partial charge >= 0.3 is 0 Å². The van der Waals surface area contributed by atoms with E-state index in [1.807, 2.05) is 13.2 Å². The molecule has 2 N–H and O–H groups in total. The van der Waals surface area contributed by atoms with Crippen molar-refractivity contribution in [2.24, 2.45) is 5.92 Å². The average molecular weight is 459 g/mol. The minimum absolute atomic E-state index is 0.0291. The number of aliphatic hydroxyl groups is 2. The standard InChI is InChI=1S/C27H38O4S/c1-17(2)27(9-8-20-15-30-14-19(20)4)12-23(29)25(16-31-27)32-24-10-18(3)21(13-28)11-22(24)26(5,6)7/h10-11,14-17,23,28-29H,8-9,12-13H2,1-7H3. The van der Waals surface area contributed by atoms with Gasteiger partial charge in [-0.2, -0.15) is 0 Å². The molecule has 4 nitrogen and oxygen atoms in total. The van der Waals surface area contributed by atoms with Crippen LogP contribution in [0.15, 0.2) is 45.1 Å². The average Bonchev–Trinajstić information content (AvgIpc) is 3.12.